The lowest BCUT2D eigenvalue weighted by molar-refractivity contribution is 0.617. The van der Waals surface area contributed by atoms with Gasteiger partial charge in [-0.25, -0.2) is 13.8 Å². The van der Waals surface area contributed by atoms with Gasteiger partial charge in [0.2, 0.25) is 0 Å². The van der Waals surface area contributed by atoms with E-state index in [1.165, 1.54) is 18.2 Å². The number of benzene rings is 2. The molecule has 3 aromatic rings. The van der Waals surface area contributed by atoms with Crippen molar-refractivity contribution in [3.05, 3.63) is 58.4 Å². The summed E-state index contributed by atoms with van der Waals surface area (Å²) in [7, 11) is 0. The molecule has 1 aromatic heterocycles. The second kappa shape index (κ2) is 5.28. The molecule has 1 heterocycles. The number of hydrogen-bond acceptors (Lipinski definition) is 1. The monoisotopic (exact) mass is 326 g/mol. The van der Waals surface area contributed by atoms with Crippen LogP contribution in [0.1, 0.15) is 11.4 Å². The Hall–Kier alpha value is -1.65. The van der Waals surface area contributed by atoms with Crippen LogP contribution in [0, 0.1) is 18.6 Å². The minimum Gasteiger partial charge on any atom is -0.295 e. The minimum absolute atomic E-state index is 0.0150. The molecule has 0 bridgehead atoms. The Kier molecular flexibility index (Phi) is 3.59. The fourth-order valence-electron chi connectivity index (χ4n) is 2.32. The van der Waals surface area contributed by atoms with Gasteiger partial charge in [0, 0.05) is 11.6 Å². The van der Waals surface area contributed by atoms with Crippen molar-refractivity contribution in [3.8, 4) is 5.69 Å². The summed E-state index contributed by atoms with van der Waals surface area (Å²) in [6.45, 7) is 1.67. The third-order valence-electron chi connectivity index (χ3n) is 3.37. The van der Waals surface area contributed by atoms with Crippen molar-refractivity contribution in [1.82, 2.24) is 9.55 Å². The Morgan fingerprint density at radius 1 is 1.19 bits per heavy atom. The van der Waals surface area contributed by atoms with Gasteiger partial charge in [-0.1, -0.05) is 17.7 Å². The molecular weight excluding hydrogens is 317 g/mol. The fraction of sp³-hybridized carbons (Fsp3) is 0.133. The lowest BCUT2D eigenvalue weighted by Gasteiger charge is -2.11. The van der Waals surface area contributed by atoms with Crippen molar-refractivity contribution in [1.29, 1.82) is 0 Å². The highest BCUT2D eigenvalue weighted by molar-refractivity contribution is 6.31. The smallest absolute Gasteiger partial charge is 0.144 e. The zero-order valence-corrected chi connectivity index (χ0v) is 12.5. The number of alkyl halides is 1. The molecule has 0 unspecified atom stereocenters. The number of rotatable bonds is 2. The van der Waals surface area contributed by atoms with E-state index in [4.69, 9.17) is 23.2 Å². The molecule has 0 atom stereocenters. The summed E-state index contributed by atoms with van der Waals surface area (Å²) in [6, 6.07) is 7.46. The molecule has 0 aliphatic heterocycles. The first-order chi connectivity index (χ1) is 10.0. The van der Waals surface area contributed by atoms with Gasteiger partial charge in [-0.15, -0.1) is 11.6 Å². The van der Waals surface area contributed by atoms with E-state index < -0.39 is 5.82 Å². The SMILES string of the molecule is Cc1c(F)cccc1-n1c(CCl)nc2cc(F)c(Cl)cc21. The maximum absolute atomic E-state index is 13.8. The van der Waals surface area contributed by atoms with E-state index in [0.717, 1.165) is 0 Å². The van der Waals surface area contributed by atoms with Crippen LogP contribution in [0.3, 0.4) is 0 Å². The summed E-state index contributed by atoms with van der Waals surface area (Å²) in [5.41, 5.74) is 2.08. The average Bonchev–Trinajstić information content (AvgIpc) is 2.80. The molecule has 2 nitrogen and oxygen atoms in total. The van der Waals surface area contributed by atoms with Gasteiger partial charge in [0.15, 0.2) is 0 Å². The maximum atomic E-state index is 13.8. The summed E-state index contributed by atoms with van der Waals surface area (Å²) >= 11 is 11.8. The number of imidazole rings is 1. The zero-order valence-electron chi connectivity index (χ0n) is 11.0. The second-order valence-corrected chi connectivity index (χ2v) is 5.31. The van der Waals surface area contributed by atoms with Crippen LogP contribution >= 0.6 is 23.2 Å². The molecule has 0 fully saturated rings. The highest BCUT2D eigenvalue weighted by Crippen LogP contribution is 2.29. The maximum Gasteiger partial charge on any atom is 0.144 e. The van der Waals surface area contributed by atoms with E-state index in [9.17, 15) is 8.78 Å². The Bertz CT molecular complexity index is 843. The van der Waals surface area contributed by atoms with Crippen LogP contribution in [-0.4, -0.2) is 9.55 Å². The number of nitrogens with zero attached hydrogens (tertiary/aromatic N) is 2. The van der Waals surface area contributed by atoms with Crippen LogP contribution in [0.5, 0.6) is 0 Å². The van der Waals surface area contributed by atoms with Crippen molar-refractivity contribution < 1.29 is 8.78 Å². The van der Waals surface area contributed by atoms with Gasteiger partial charge in [-0.05, 0) is 25.1 Å². The Labute approximate surface area is 129 Å². The minimum atomic E-state index is -0.550. The van der Waals surface area contributed by atoms with Crippen molar-refractivity contribution in [2.24, 2.45) is 0 Å². The third kappa shape index (κ3) is 2.28. The Morgan fingerprint density at radius 3 is 2.67 bits per heavy atom. The molecular formula is C15H10Cl2F2N2. The summed E-state index contributed by atoms with van der Waals surface area (Å²) in [5.74, 6) is -0.264. The molecule has 2 aromatic carbocycles. The number of aromatic nitrogens is 2. The van der Waals surface area contributed by atoms with Gasteiger partial charge in [-0.2, -0.15) is 0 Å². The quantitative estimate of drug-likeness (QED) is 0.605. The van der Waals surface area contributed by atoms with Crippen LogP contribution in [0.4, 0.5) is 8.78 Å². The van der Waals surface area contributed by atoms with Gasteiger partial charge in [-0.3, -0.25) is 4.57 Å². The van der Waals surface area contributed by atoms with Crippen LogP contribution in [0.25, 0.3) is 16.7 Å². The van der Waals surface area contributed by atoms with Crippen molar-refractivity contribution >= 4 is 34.2 Å². The lowest BCUT2D eigenvalue weighted by atomic mass is 10.2. The normalized spacial score (nSPS) is 11.3. The molecule has 0 saturated heterocycles. The fourth-order valence-corrected chi connectivity index (χ4v) is 2.66. The van der Waals surface area contributed by atoms with Gasteiger partial charge in [0.25, 0.3) is 0 Å². The first-order valence-electron chi connectivity index (χ1n) is 6.20. The average molecular weight is 327 g/mol. The molecule has 3 rings (SSSR count). The molecule has 6 heteroatoms. The molecule has 108 valence electrons. The molecule has 21 heavy (non-hydrogen) atoms. The van der Waals surface area contributed by atoms with Crippen LogP contribution in [0.2, 0.25) is 5.02 Å². The van der Waals surface area contributed by atoms with E-state index in [-0.39, 0.29) is 16.7 Å². The number of hydrogen-bond donors (Lipinski definition) is 0. The van der Waals surface area contributed by atoms with Crippen molar-refractivity contribution in [3.63, 3.8) is 0 Å². The predicted octanol–water partition coefficient (Wildman–Crippen LogP) is 5.00. The molecule has 0 aliphatic carbocycles. The largest absolute Gasteiger partial charge is 0.295 e. The summed E-state index contributed by atoms with van der Waals surface area (Å²) < 4.78 is 29.1. The Balaban J connectivity index is 2.40. The molecule has 0 radical (unpaired) electrons. The van der Waals surface area contributed by atoms with Crippen LogP contribution < -0.4 is 0 Å². The first kappa shape index (κ1) is 14.3. The summed E-state index contributed by atoms with van der Waals surface area (Å²) in [6.07, 6.45) is 0. The van der Waals surface area contributed by atoms with Crippen LogP contribution in [-0.2, 0) is 5.88 Å². The molecule has 0 saturated carbocycles. The van der Waals surface area contributed by atoms with E-state index >= 15 is 0 Å². The van der Waals surface area contributed by atoms with Gasteiger partial charge in [0.05, 0.1) is 27.6 Å². The highest BCUT2D eigenvalue weighted by Gasteiger charge is 2.16. The summed E-state index contributed by atoms with van der Waals surface area (Å²) in [4.78, 5) is 4.29. The third-order valence-corrected chi connectivity index (χ3v) is 3.89. The van der Waals surface area contributed by atoms with E-state index in [1.54, 1.807) is 23.6 Å². The van der Waals surface area contributed by atoms with E-state index in [1.807, 2.05) is 0 Å². The molecule has 0 amide bonds. The highest BCUT2D eigenvalue weighted by atomic mass is 35.5. The van der Waals surface area contributed by atoms with Gasteiger partial charge >= 0.3 is 0 Å². The molecule has 0 aliphatic rings. The van der Waals surface area contributed by atoms with E-state index in [2.05, 4.69) is 4.98 Å². The van der Waals surface area contributed by atoms with E-state index in [0.29, 0.717) is 28.1 Å². The summed E-state index contributed by atoms with van der Waals surface area (Å²) in [5, 5.41) is -0.0150. The zero-order chi connectivity index (χ0) is 15.1. The topological polar surface area (TPSA) is 17.8 Å². The standard InChI is InChI=1S/C15H10Cl2F2N2/c1-8-10(18)3-2-4-13(8)21-14-5-9(17)11(19)6-12(14)20-15(21)7-16/h2-6H,7H2,1H3. The number of fused-ring (bicyclic) bond motifs is 1. The second-order valence-electron chi connectivity index (χ2n) is 4.64. The van der Waals surface area contributed by atoms with Gasteiger partial charge < -0.3 is 0 Å². The van der Waals surface area contributed by atoms with Crippen molar-refractivity contribution in [2.45, 2.75) is 12.8 Å². The Morgan fingerprint density at radius 2 is 1.95 bits per heavy atom. The lowest BCUT2D eigenvalue weighted by Crippen LogP contribution is -2.03. The molecule has 0 N–H and O–H groups in total. The van der Waals surface area contributed by atoms with Gasteiger partial charge in [0.1, 0.15) is 17.5 Å². The van der Waals surface area contributed by atoms with Crippen LogP contribution in [0.15, 0.2) is 30.3 Å². The first-order valence-corrected chi connectivity index (χ1v) is 7.12. The number of halogens is 4. The van der Waals surface area contributed by atoms with Crippen molar-refractivity contribution in [2.75, 3.05) is 0 Å². The molecule has 0 spiro atoms. The predicted molar refractivity (Wildman–Crippen MR) is 80.3 cm³/mol.